The summed E-state index contributed by atoms with van der Waals surface area (Å²) in [6.07, 6.45) is 2.82. The third-order valence-electron chi connectivity index (χ3n) is 4.72. The Kier molecular flexibility index (Phi) is 3.75. The molecule has 0 amide bonds. The number of nitrogens with two attached hydrogens (primary N) is 1. The van der Waals surface area contributed by atoms with Crippen molar-refractivity contribution in [2.24, 2.45) is 11.1 Å². The lowest BCUT2D eigenvalue weighted by molar-refractivity contribution is -0.119. The van der Waals surface area contributed by atoms with E-state index >= 15 is 0 Å². The molecule has 0 spiro atoms. The summed E-state index contributed by atoms with van der Waals surface area (Å²) >= 11 is 0. The van der Waals surface area contributed by atoms with E-state index < -0.39 is 5.92 Å². The smallest absolute Gasteiger partial charge is 0.205 e. The average molecular weight is 326 g/mol. The maximum atomic E-state index is 12.9. The van der Waals surface area contributed by atoms with Gasteiger partial charge in [0.25, 0.3) is 0 Å². The molecule has 6 nitrogen and oxygen atoms in total. The lowest BCUT2D eigenvalue weighted by atomic mass is 9.70. The first-order chi connectivity index (χ1) is 11.3. The molecular weight excluding hydrogens is 304 g/mol. The van der Waals surface area contributed by atoms with Crippen molar-refractivity contribution >= 4 is 5.78 Å². The molecule has 1 atom stereocenters. The van der Waals surface area contributed by atoms with E-state index in [-0.39, 0.29) is 17.1 Å². The van der Waals surface area contributed by atoms with E-state index in [1.54, 1.807) is 6.20 Å². The van der Waals surface area contributed by atoms with Gasteiger partial charge in [0.15, 0.2) is 5.78 Å². The highest BCUT2D eigenvalue weighted by Crippen LogP contribution is 2.48. The quantitative estimate of drug-likeness (QED) is 0.901. The molecule has 1 aliphatic carbocycles. The van der Waals surface area contributed by atoms with Crippen LogP contribution in [0.5, 0.6) is 0 Å². The number of carbonyl (C=O) groups excluding carboxylic acids is 1. The SMILES string of the molecule is CCn1ncc(C)c1[C@@H]1C(C#N)=C(N)OC2=C1C(=O)CC(C)(C)C2. The van der Waals surface area contributed by atoms with E-state index in [4.69, 9.17) is 10.5 Å². The van der Waals surface area contributed by atoms with E-state index in [0.29, 0.717) is 36.3 Å². The molecule has 2 heterocycles. The molecule has 2 N–H and O–H groups in total. The molecule has 0 bridgehead atoms. The van der Waals surface area contributed by atoms with Gasteiger partial charge in [-0.2, -0.15) is 10.4 Å². The van der Waals surface area contributed by atoms with Gasteiger partial charge in [0, 0.05) is 25.0 Å². The molecule has 24 heavy (non-hydrogen) atoms. The van der Waals surface area contributed by atoms with Gasteiger partial charge in [0.05, 0.1) is 17.8 Å². The average Bonchev–Trinajstić information content (AvgIpc) is 2.85. The second-order valence-electron chi connectivity index (χ2n) is 7.23. The van der Waals surface area contributed by atoms with Gasteiger partial charge in [-0.05, 0) is 24.8 Å². The summed E-state index contributed by atoms with van der Waals surface area (Å²) in [5, 5.41) is 14.0. The van der Waals surface area contributed by atoms with E-state index in [9.17, 15) is 10.1 Å². The van der Waals surface area contributed by atoms with Crippen molar-refractivity contribution in [2.45, 2.75) is 53.0 Å². The molecule has 6 heteroatoms. The van der Waals surface area contributed by atoms with Gasteiger partial charge in [-0.15, -0.1) is 0 Å². The zero-order chi connectivity index (χ0) is 17.6. The van der Waals surface area contributed by atoms with Crippen molar-refractivity contribution in [3.8, 4) is 6.07 Å². The number of nitrogens with zero attached hydrogens (tertiary/aromatic N) is 3. The zero-order valence-electron chi connectivity index (χ0n) is 14.5. The molecular formula is C18H22N4O2. The van der Waals surface area contributed by atoms with Crippen LogP contribution in [-0.4, -0.2) is 15.6 Å². The van der Waals surface area contributed by atoms with Crippen molar-refractivity contribution in [1.29, 1.82) is 5.26 Å². The van der Waals surface area contributed by atoms with Crippen molar-refractivity contribution in [3.05, 3.63) is 40.2 Å². The minimum Gasteiger partial charge on any atom is -0.444 e. The Morgan fingerprint density at radius 3 is 2.83 bits per heavy atom. The minimum absolute atomic E-state index is 0.0229. The second kappa shape index (κ2) is 5.52. The molecule has 0 radical (unpaired) electrons. The second-order valence-corrected chi connectivity index (χ2v) is 7.23. The summed E-state index contributed by atoms with van der Waals surface area (Å²) in [6.45, 7) is 8.64. The fourth-order valence-electron chi connectivity index (χ4n) is 3.68. The van der Waals surface area contributed by atoms with Crippen LogP contribution in [0, 0.1) is 23.7 Å². The first-order valence-corrected chi connectivity index (χ1v) is 8.15. The third kappa shape index (κ3) is 2.41. The summed E-state index contributed by atoms with van der Waals surface area (Å²) in [6, 6.07) is 2.15. The van der Waals surface area contributed by atoms with Crippen LogP contribution in [0.3, 0.4) is 0 Å². The number of ether oxygens (including phenoxy) is 1. The summed E-state index contributed by atoms with van der Waals surface area (Å²) in [5.74, 6) is 0.218. The zero-order valence-corrected chi connectivity index (χ0v) is 14.5. The van der Waals surface area contributed by atoms with Gasteiger partial charge in [0.2, 0.25) is 5.88 Å². The summed E-state index contributed by atoms with van der Waals surface area (Å²) in [7, 11) is 0. The largest absolute Gasteiger partial charge is 0.444 e. The van der Waals surface area contributed by atoms with E-state index in [1.165, 1.54) is 0 Å². The molecule has 0 aromatic carbocycles. The van der Waals surface area contributed by atoms with Crippen LogP contribution in [-0.2, 0) is 16.1 Å². The van der Waals surface area contributed by atoms with E-state index in [2.05, 4.69) is 11.2 Å². The standard InChI is InChI=1S/C18H22N4O2/c1-5-22-16(10(2)9-21-22)14-11(8-19)17(20)24-13-7-18(3,4)6-12(23)15(13)14/h9,14H,5-7,20H2,1-4H3/t14-/m1/s1. The van der Waals surface area contributed by atoms with Crippen molar-refractivity contribution in [3.63, 3.8) is 0 Å². The number of carbonyl (C=O) groups is 1. The number of Topliss-reactive ketones (excluding diaryl/α,β-unsaturated/α-hetero) is 1. The molecule has 1 aromatic rings. The summed E-state index contributed by atoms with van der Waals surface area (Å²) in [4.78, 5) is 12.9. The molecule has 3 rings (SSSR count). The molecule has 126 valence electrons. The van der Waals surface area contributed by atoms with Gasteiger partial charge in [-0.3, -0.25) is 9.48 Å². The normalized spacial score (nSPS) is 23.0. The number of hydrogen-bond acceptors (Lipinski definition) is 5. The summed E-state index contributed by atoms with van der Waals surface area (Å²) in [5.41, 5.74) is 8.50. The number of rotatable bonds is 2. The molecule has 0 fully saturated rings. The summed E-state index contributed by atoms with van der Waals surface area (Å²) < 4.78 is 7.53. The highest BCUT2D eigenvalue weighted by atomic mass is 16.5. The minimum atomic E-state index is -0.496. The van der Waals surface area contributed by atoms with Gasteiger partial charge in [-0.25, -0.2) is 0 Å². The van der Waals surface area contributed by atoms with Gasteiger partial charge in [-0.1, -0.05) is 13.8 Å². The van der Waals surface area contributed by atoms with Gasteiger partial charge in [0.1, 0.15) is 17.4 Å². The first-order valence-electron chi connectivity index (χ1n) is 8.15. The number of hydrogen-bond donors (Lipinski definition) is 1. The number of ketones is 1. The number of aryl methyl sites for hydroxylation is 2. The Morgan fingerprint density at radius 1 is 1.50 bits per heavy atom. The van der Waals surface area contributed by atoms with Crippen molar-refractivity contribution in [2.75, 3.05) is 0 Å². The molecule has 1 aromatic heterocycles. The van der Waals surface area contributed by atoms with E-state index in [0.717, 1.165) is 11.3 Å². The lowest BCUT2D eigenvalue weighted by Crippen LogP contribution is -2.34. The van der Waals surface area contributed by atoms with Crippen LogP contribution in [0.15, 0.2) is 29.0 Å². The molecule has 0 saturated carbocycles. The fourth-order valence-corrected chi connectivity index (χ4v) is 3.68. The highest BCUT2D eigenvalue weighted by Gasteiger charge is 2.44. The van der Waals surface area contributed by atoms with E-state index in [1.807, 2.05) is 32.4 Å². The molecule has 0 saturated heterocycles. The third-order valence-corrected chi connectivity index (χ3v) is 4.72. The Balaban J connectivity index is 2.25. The Hall–Kier alpha value is -2.55. The van der Waals surface area contributed by atoms with Crippen LogP contribution in [0.2, 0.25) is 0 Å². The Bertz CT molecular complexity index is 821. The predicted octanol–water partition coefficient (Wildman–Crippen LogP) is 2.66. The molecule has 1 aliphatic heterocycles. The number of nitriles is 1. The van der Waals surface area contributed by atoms with Gasteiger partial charge < -0.3 is 10.5 Å². The van der Waals surface area contributed by atoms with Crippen LogP contribution in [0.25, 0.3) is 0 Å². The highest BCUT2D eigenvalue weighted by molar-refractivity contribution is 6.00. The maximum Gasteiger partial charge on any atom is 0.205 e. The molecule has 2 aliphatic rings. The van der Waals surface area contributed by atoms with Crippen LogP contribution >= 0.6 is 0 Å². The Labute approximate surface area is 141 Å². The number of allylic oxidation sites excluding steroid dienone is 3. The maximum absolute atomic E-state index is 12.9. The first kappa shape index (κ1) is 16.3. The Morgan fingerprint density at radius 2 is 2.21 bits per heavy atom. The van der Waals surface area contributed by atoms with Crippen LogP contribution in [0.1, 0.15) is 50.8 Å². The lowest BCUT2D eigenvalue weighted by Gasteiger charge is -2.37. The topological polar surface area (TPSA) is 93.9 Å². The predicted molar refractivity (Wildman–Crippen MR) is 88.3 cm³/mol. The van der Waals surface area contributed by atoms with Gasteiger partial charge >= 0.3 is 0 Å². The fraction of sp³-hybridized carbons (Fsp3) is 0.500. The molecule has 0 unspecified atom stereocenters. The van der Waals surface area contributed by atoms with Crippen LogP contribution < -0.4 is 5.73 Å². The van der Waals surface area contributed by atoms with Crippen molar-refractivity contribution in [1.82, 2.24) is 9.78 Å². The van der Waals surface area contributed by atoms with Crippen molar-refractivity contribution < 1.29 is 9.53 Å². The van der Waals surface area contributed by atoms with Crippen LogP contribution in [0.4, 0.5) is 0 Å². The number of aromatic nitrogens is 2. The monoisotopic (exact) mass is 326 g/mol.